The van der Waals surface area contributed by atoms with Crippen LogP contribution in [-0.4, -0.2) is 4.57 Å². The van der Waals surface area contributed by atoms with Crippen molar-refractivity contribution in [3.63, 3.8) is 0 Å². The topological polar surface area (TPSA) is 21.3 Å². The van der Waals surface area contributed by atoms with Gasteiger partial charge in [0.1, 0.15) is 11.2 Å². The molecule has 0 aliphatic carbocycles. The van der Waals surface area contributed by atoms with Gasteiger partial charge >= 0.3 is 0 Å². The van der Waals surface area contributed by atoms with Crippen molar-refractivity contribution in [3.8, 4) is 27.9 Å². The molecule has 2 heterocycles. The minimum atomic E-state index is 0.869. The number of hydrogen-bond acceptors (Lipinski definition) is 2. The van der Waals surface area contributed by atoms with Crippen molar-refractivity contribution in [2.45, 2.75) is 0 Å². The molecule has 11 rings (SSSR count). The zero-order valence-electron chi connectivity index (χ0n) is 32.3. The highest BCUT2D eigenvalue weighted by Crippen LogP contribution is 2.47. The van der Waals surface area contributed by atoms with Gasteiger partial charge in [0.15, 0.2) is 0 Å². The zero-order chi connectivity index (χ0) is 39.5. The highest BCUT2D eigenvalue weighted by atomic mass is 16.3. The molecule has 0 aliphatic heterocycles. The minimum absolute atomic E-state index is 0.869. The van der Waals surface area contributed by atoms with E-state index in [1.165, 1.54) is 16.2 Å². The fourth-order valence-electron chi connectivity index (χ4n) is 8.97. The molecule has 3 heteroatoms. The van der Waals surface area contributed by atoms with Gasteiger partial charge in [0, 0.05) is 38.4 Å². The first-order chi connectivity index (χ1) is 29.2. The SMILES string of the molecule is C=Cc1ccc(-c2cccc(N(c3ccccc3-c3cccc4c3oc3cc5ccccc5cc34)c3ccccc3-n3c4ccccc4c4ccccc43)c2)cc1C=C. The van der Waals surface area contributed by atoms with Crippen LogP contribution in [0.25, 0.3) is 94.6 Å². The van der Waals surface area contributed by atoms with Gasteiger partial charge in [0.25, 0.3) is 0 Å². The number of rotatable bonds is 8. The van der Waals surface area contributed by atoms with Crippen LogP contribution in [0.3, 0.4) is 0 Å². The third-order valence-electron chi connectivity index (χ3n) is 11.7. The minimum Gasteiger partial charge on any atom is -0.455 e. The molecule has 0 saturated carbocycles. The van der Waals surface area contributed by atoms with Gasteiger partial charge in [0.05, 0.1) is 28.1 Å². The summed E-state index contributed by atoms with van der Waals surface area (Å²) in [5.74, 6) is 0. The second-order valence-corrected chi connectivity index (χ2v) is 15.0. The highest BCUT2D eigenvalue weighted by Gasteiger charge is 2.24. The normalized spacial score (nSPS) is 11.5. The Morgan fingerprint density at radius 1 is 0.441 bits per heavy atom. The Morgan fingerprint density at radius 3 is 1.83 bits per heavy atom. The Kier molecular flexibility index (Phi) is 8.13. The van der Waals surface area contributed by atoms with Gasteiger partial charge in [-0.15, -0.1) is 0 Å². The van der Waals surface area contributed by atoms with Crippen LogP contribution in [0, 0.1) is 0 Å². The van der Waals surface area contributed by atoms with Crippen molar-refractivity contribution in [2.24, 2.45) is 0 Å². The summed E-state index contributed by atoms with van der Waals surface area (Å²) in [6, 6.07) is 69.6. The van der Waals surface area contributed by atoms with Gasteiger partial charge in [-0.2, -0.15) is 0 Å². The lowest BCUT2D eigenvalue weighted by atomic mass is 9.97. The van der Waals surface area contributed by atoms with Crippen molar-refractivity contribution in [3.05, 3.63) is 218 Å². The number of anilines is 3. The van der Waals surface area contributed by atoms with Crippen LogP contribution in [0.2, 0.25) is 0 Å². The predicted octanol–water partition coefficient (Wildman–Crippen LogP) is 15.9. The van der Waals surface area contributed by atoms with Crippen LogP contribution in [-0.2, 0) is 0 Å². The number of benzene rings is 9. The molecule has 2 aromatic heterocycles. The van der Waals surface area contributed by atoms with E-state index in [1.807, 2.05) is 12.2 Å². The van der Waals surface area contributed by atoms with Crippen molar-refractivity contribution in [2.75, 3.05) is 4.90 Å². The maximum Gasteiger partial charge on any atom is 0.143 e. The van der Waals surface area contributed by atoms with Gasteiger partial charge in [-0.25, -0.2) is 0 Å². The smallest absolute Gasteiger partial charge is 0.143 e. The maximum atomic E-state index is 6.85. The second-order valence-electron chi connectivity index (χ2n) is 15.0. The summed E-state index contributed by atoms with van der Waals surface area (Å²) in [5, 5.41) is 7.00. The monoisotopic (exact) mass is 754 g/mol. The first kappa shape index (κ1) is 34.4. The third-order valence-corrected chi connectivity index (χ3v) is 11.7. The Labute approximate surface area is 342 Å². The number of nitrogens with zero attached hydrogens (tertiary/aromatic N) is 2. The average molecular weight is 755 g/mol. The molecule has 0 radical (unpaired) electrons. The molecule has 11 aromatic rings. The van der Waals surface area contributed by atoms with Crippen molar-refractivity contribution in [1.29, 1.82) is 0 Å². The number of hydrogen-bond donors (Lipinski definition) is 0. The Morgan fingerprint density at radius 2 is 1.05 bits per heavy atom. The summed E-state index contributed by atoms with van der Waals surface area (Å²) in [7, 11) is 0. The van der Waals surface area contributed by atoms with Crippen molar-refractivity contribution >= 4 is 83.7 Å². The molecule has 0 fully saturated rings. The summed E-state index contributed by atoms with van der Waals surface area (Å²) in [6.07, 6.45) is 3.78. The number of fused-ring (bicyclic) bond motifs is 7. The third kappa shape index (κ3) is 5.59. The molecule has 0 atom stereocenters. The zero-order valence-corrected chi connectivity index (χ0v) is 32.3. The van der Waals surface area contributed by atoms with Crippen LogP contribution in [0.4, 0.5) is 17.1 Å². The lowest BCUT2D eigenvalue weighted by molar-refractivity contribution is 0.670. The van der Waals surface area contributed by atoms with E-state index in [2.05, 4.69) is 217 Å². The summed E-state index contributed by atoms with van der Waals surface area (Å²) in [5.41, 5.74) is 14.6. The van der Waals surface area contributed by atoms with E-state index < -0.39 is 0 Å². The molecule has 0 spiro atoms. The van der Waals surface area contributed by atoms with Crippen molar-refractivity contribution < 1.29 is 4.42 Å². The molecule has 0 aliphatic rings. The predicted molar refractivity (Wildman–Crippen MR) is 251 cm³/mol. The molecule has 59 heavy (non-hydrogen) atoms. The number of aromatic nitrogens is 1. The first-order valence-corrected chi connectivity index (χ1v) is 20.0. The standard InChI is InChI=1S/C56H38N2O/c1-3-37-31-32-42(33-38(37)4-2)39-19-15-20-43(34-39)57(53-29-13-14-30-54(53)58-51-27-11-7-21-44(51)45-22-8-12-28-52(45)58)50-26-10-9-23-46(50)47-24-16-25-48-49-35-40-17-5-6-18-41(40)36-55(49)59-56(47)48/h3-36H,1-2H2. The van der Waals surface area contributed by atoms with E-state index in [-0.39, 0.29) is 0 Å². The van der Waals surface area contributed by atoms with Crippen LogP contribution < -0.4 is 4.90 Å². The molecule has 0 N–H and O–H groups in total. The number of para-hydroxylation sites is 6. The Balaban J connectivity index is 1.19. The van der Waals surface area contributed by atoms with E-state index in [4.69, 9.17) is 4.42 Å². The van der Waals surface area contributed by atoms with Crippen LogP contribution in [0.5, 0.6) is 0 Å². The van der Waals surface area contributed by atoms with Gasteiger partial charge < -0.3 is 13.9 Å². The molecule has 3 nitrogen and oxygen atoms in total. The first-order valence-electron chi connectivity index (χ1n) is 20.0. The molecule has 0 unspecified atom stereocenters. The van der Waals surface area contributed by atoms with Crippen LogP contribution in [0.1, 0.15) is 11.1 Å². The molecule has 0 amide bonds. The second kappa shape index (κ2) is 13.9. The lowest BCUT2D eigenvalue weighted by Crippen LogP contribution is -2.14. The van der Waals surface area contributed by atoms with E-state index in [9.17, 15) is 0 Å². The molecule has 0 bridgehead atoms. The Bertz CT molecular complexity index is 3400. The quantitative estimate of drug-likeness (QED) is 0.154. The number of furan rings is 1. The molecular weight excluding hydrogens is 717 g/mol. The van der Waals surface area contributed by atoms with Gasteiger partial charge in [-0.05, 0) is 93.7 Å². The van der Waals surface area contributed by atoms with Crippen molar-refractivity contribution in [1.82, 2.24) is 4.57 Å². The summed E-state index contributed by atoms with van der Waals surface area (Å²) in [4.78, 5) is 2.42. The fraction of sp³-hybridized carbons (Fsp3) is 0. The summed E-state index contributed by atoms with van der Waals surface area (Å²) in [6.45, 7) is 8.13. The lowest BCUT2D eigenvalue weighted by Gasteiger charge is -2.30. The van der Waals surface area contributed by atoms with E-state index >= 15 is 0 Å². The Hall–Kier alpha value is -7.88. The molecule has 278 valence electrons. The van der Waals surface area contributed by atoms with E-state index in [1.54, 1.807) is 0 Å². The van der Waals surface area contributed by atoms with Gasteiger partial charge in [0.2, 0.25) is 0 Å². The van der Waals surface area contributed by atoms with Crippen LogP contribution in [0.15, 0.2) is 212 Å². The summed E-state index contributed by atoms with van der Waals surface area (Å²) >= 11 is 0. The van der Waals surface area contributed by atoms with Gasteiger partial charge in [-0.1, -0.05) is 159 Å². The van der Waals surface area contributed by atoms with E-state index in [0.717, 1.165) is 94.5 Å². The highest BCUT2D eigenvalue weighted by molar-refractivity contribution is 6.14. The molecular formula is C56H38N2O. The fourth-order valence-corrected chi connectivity index (χ4v) is 8.97. The summed E-state index contributed by atoms with van der Waals surface area (Å²) < 4.78 is 9.26. The van der Waals surface area contributed by atoms with Crippen LogP contribution >= 0.6 is 0 Å². The van der Waals surface area contributed by atoms with E-state index in [0.29, 0.717) is 0 Å². The molecule has 9 aromatic carbocycles. The van der Waals surface area contributed by atoms with Gasteiger partial charge in [-0.3, -0.25) is 0 Å². The maximum absolute atomic E-state index is 6.85. The average Bonchev–Trinajstić information content (AvgIpc) is 3.84. The molecule has 0 saturated heterocycles. The largest absolute Gasteiger partial charge is 0.455 e.